The number of carboxylic acid groups (broad SMARTS) is 1. The second kappa shape index (κ2) is 7.47. The molecule has 1 fully saturated rings. The summed E-state index contributed by atoms with van der Waals surface area (Å²) in [6.07, 6.45) is 4.39. The molecule has 0 spiro atoms. The van der Waals surface area contributed by atoms with E-state index < -0.39 is 11.9 Å². The number of nitrogens with zero attached hydrogens (tertiary/aromatic N) is 1. The summed E-state index contributed by atoms with van der Waals surface area (Å²) in [6, 6.07) is -0.207. The standard InChI is InChI=1S/C14H26N2O4/c1-11(12(17)18)9-16(2)13(19)15-10-14(5-4-6-14)7-8-20-3/h11H,4-10H2,1-3H3,(H,15,19)(H,17,18). The Morgan fingerprint density at radius 3 is 2.55 bits per heavy atom. The Hall–Kier alpha value is -1.30. The molecule has 0 heterocycles. The van der Waals surface area contributed by atoms with Crippen LogP contribution < -0.4 is 5.32 Å². The number of rotatable bonds is 8. The Morgan fingerprint density at radius 2 is 2.10 bits per heavy atom. The molecule has 2 N–H and O–H groups in total. The molecule has 0 aliphatic heterocycles. The molecule has 1 atom stereocenters. The number of aliphatic carboxylic acids is 1. The van der Waals surface area contributed by atoms with E-state index in [1.807, 2.05) is 0 Å². The van der Waals surface area contributed by atoms with Crippen molar-refractivity contribution >= 4 is 12.0 Å². The van der Waals surface area contributed by atoms with Gasteiger partial charge in [0.1, 0.15) is 0 Å². The lowest BCUT2D eigenvalue weighted by Gasteiger charge is -2.42. The number of carboxylic acids is 1. The molecular formula is C14H26N2O4. The fourth-order valence-corrected chi connectivity index (χ4v) is 2.48. The molecule has 0 aromatic carbocycles. The smallest absolute Gasteiger partial charge is 0.317 e. The maximum atomic E-state index is 12.0. The first-order chi connectivity index (χ1) is 9.40. The lowest BCUT2D eigenvalue weighted by molar-refractivity contribution is -0.141. The molecule has 6 heteroatoms. The van der Waals surface area contributed by atoms with Crippen LogP contribution in [-0.4, -0.2) is 55.9 Å². The van der Waals surface area contributed by atoms with Crippen LogP contribution in [0.5, 0.6) is 0 Å². The molecule has 0 radical (unpaired) electrons. The van der Waals surface area contributed by atoms with Crippen molar-refractivity contribution in [3.63, 3.8) is 0 Å². The Morgan fingerprint density at radius 1 is 1.45 bits per heavy atom. The van der Waals surface area contributed by atoms with Crippen LogP contribution in [0.1, 0.15) is 32.6 Å². The second-order valence-corrected chi connectivity index (χ2v) is 5.87. The molecule has 20 heavy (non-hydrogen) atoms. The summed E-state index contributed by atoms with van der Waals surface area (Å²) in [6.45, 7) is 3.16. The third-order valence-electron chi connectivity index (χ3n) is 4.18. The van der Waals surface area contributed by atoms with Gasteiger partial charge in [-0.05, 0) is 24.7 Å². The second-order valence-electron chi connectivity index (χ2n) is 5.87. The minimum Gasteiger partial charge on any atom is -0.481 e. The molecule has 2 amide bonds. The van der Waals surface area contributed by atoms with Gasteiger partial charge in [0, 0.05) is 33.9 Å². The van der Waals surface area contributed by atoms with Gasteiger partial charge >= 0.3 is 12.0 Å². The van der Waals surface area contributed by atoms with Gasteiger partial charge in [-0.2, -0.15) is 0 Å². The van der Waals surface area contributed by atoms with E-state index in [1.165, 1.54) is 11.3 Å². The number of urea groups is 1. The summed E-state index contributed by atoms with van der Waals surface area (Å²) in [5, 5.41) is 11.8. The fraction of sp³-hybridized carbons (Fsp3) is 0.857. The van der Waals surface area contributed by atoms with Crippen LogP contribution in [0.25, 0.3) is 0 Å². The predicted octanol–water partition coefficient (Wildman–Crippen LogP) is 1.56. The van der Waals surface area contributed by atoms with Gasteiger partial charge in [-0.25, -0.2) is 4.79 Å². The van der Waals surface area contributed by atoms with E-state index in [9.17, 15) is 9.59 Å². The zero-order chi connectivity index (χ0) is 15.2. The first kappa shape index (κ1) is 16.8. The fourth-order valence-electron chi connectivity index (χ4n) is 2.48. The summed E-state index contributed by atoms with van der Waals surface area (Å²) in [5.74, 6) is -1.45. The van der Waals surface area contributed by atoms with E-state index in [0.29, 0.717) is 13.2 Å². The van der Waals surface area contributed by atoms with Crippen LogP contribution in [0.2, 0.25) is 0 Å². The van der Waals surface area contributed by atoms with E-state index in [1.54, 1.807) is 21.1 Å². The third kappa shape index (κ3) is 4.67. The van der Waals surface area contributed by atoms with Gasteiger partial charge in [0.05, 0.1) is 5.92 Å². The lowest BCUT2D eigenvalue weighted by Crippen LogP contribution is -2.47. The van der Waals surface area contributed by atoms with Crippen molar-refractivity contribution in [2.24, 2.45) is 11.3 Å². The zero-order valence-electron chi connectivity index (χ0n) is 12.6. The molecule has 1 rings (SSSR count). The number of hydrogen-bond donors (Lipinski definition) is 2. The van der Waals surface area contributed by atoms with Crippen molar-refractivity contribution in [3.05, 3.63) is 0 Å². The Labute approximate surface area is 120 Å². The Balaban J connectivity index is 2.36. The van der Waals surface area contributed by atoms with Crippen LogP contribution in [0.15, 0.2) is 0 Å². The quantitative estimate of drug-likeness (QED) is 0.709. The number of nitrogens with one attached hydrogen (secondary N) is 1. The normalized spacial score (nSPS) is 17.9. The summed E-state index contributed by atoms with van der Waals surface area (Å²) < 4.78 is 5.12. The Kier molecular flexibility index (Phi) is 6.26. The highest BCUT2D eigenvalue weighted by atomic mass is 16.5. The average Bonchev–Trinajstić information content (AvgIpc) is 2.36. The number of carbonyl (C=O) groups is 2. The molecule has 0 aromatic heterocycles. The van der Waals surface area contributed by atoms with Crippen LogP contribution in [-0.2, 0) is 9.53 Å². The van der Waals surface area contributed by atoms with Crippen molar-refractivity contribution in [1.29, 1.82) is 0 Å². The van der Waals surface area contributed by atoms with E-state index in [-0.39, 0.29) is 18.0 Å². The summed E-state index contributed by atoms with van der Waals surface area (Å²) in [5.41, 5.74) is 0.172. The van der Waals surface area contributed by atoms with Crippen molar-refractivity contribution in [1.82, 2.24) is 10.2 Å². The summed E-state index contributed by atoms with van der Waals surface area (Å²) in [7, 11) is 3.31. The largest absolute Gasteiger partial charge is 0.481 e. The summed E-state index contributed by atoms with van der Waals surface area (Å²) >= 11 is 0. The zero-order valence-corrected chi connectivity index (χ0v) is 12.6. The summed E-state index contributed by atoms with van der Waals surface area (Å²) in [4.78, 5) is 24.2. The minimum absolute atomic E-state index is 0.172. The maximum Gasteiger partial charge on any atom is 0.317 e. The Bertz CT molecular complexity index is 342. The van der Waals surface area contributed by atoms with Gasteiger partial charge in [-0.3, -0.25) is 4.79 Å². The third-order valence-corrected chi connectivity index (χ3v) is 4.18. The average molecular weight is 286 g/mol. The minimum atomic E-state index is -0.889. The number of methoxy groups -OCH3 is 1. The van der Waals surface area contributed by atoms with E-state index >= 15 is 0 Å². The van der Waals surface area contributed by atoms with Crippen LogP contribution in [0.4, 0.5) is 4.79 Å². The van der Waals surface area contributed by atoms with Gasteiger partial charge in [0.25, 0.3) is 0 Å². The number of hydrogen-bond acceptors (Lipinski definition) is 3. The van der Waals surface area contributed by atoms with Gasteiger partial charge in [0.15, 0.2) is 0 Å². The van der Waals surface area contributed by atoms with Gasteiger partial charge < -0.3 is 20.1 Å². The topological polar surface area (TPSA) is 78.9 Å². The molecule has 0 bridgehead atoms. The highest BCUT2D eigenvalue weighted by Crippen LogP contribution is 2.43. The van der Waals surface area contributed by atoms with Crippen molar-refractivity contribution in [3.8, 4) is 0 Å². The SMILES string of the molecule is COCCC1(CNC(=O)N(C)CC(C)C(=O)O)CCC1. The molecule has 1 unspecified atom stereocenters. The van der Waals surface area contributed by atoms with Crippen molar-refractivity contribution in [2.45, 2.75) is 32.6 Å². The number of ether oxygens (including phenoxy) is 1. The van der Waals surface area contributed by atoms with Gasteiger partial charge in [-0.1, -0.05) is 13.3 Å². The molecule has 1 saturated carbocycles. The monoisotopic (exact) mass is 286 g/mol. The van der Waals surface area contributed by atoms with Crippen molar-refractivity contribution < 1.29 is 19.4 Å². The van der Waals surface area contributed by atoms with Crippen molar-refractivity contribution in [2.75, 3.05) is 33.9 Å². The van der Waals surface area contributed by atoms with Crippen LogP contribution >= 0.6 is 0 Å². The van der Waals surface area contributed by atoms with E-state index in [2.05, 4.69) is 5.32 Å². The van der Waals surface area contributed by atoms with Gasteiger partial charge in [0.2, 0.25) is 0 Å². The predicted molar refractivity (Wildman–Crippen MR) is 75.6 cm³/mol. The molecule has 1 aliphatic carbocycles. The molecule has 0 aromatic rings. The number of carbonyl (C=O) groups excluding carboxylic acids is 1. The number of amides is 2. The molecule has 1 aliphatic rings. The van der Waals surface area contributed by atoms with Crippen LogP contribution in [0.3, 0.4) is 0 Å². The van der Waals surface area contributed by atoms with E-state index in [4.69, 9.17) is 9.84 Å². The van der Waals surface area contributed by atoms with Gasteiger partial charge in [-0.15, -0.1) is 0 Å². The molecular weight excluding hydrogens is 260 g/mol. The first-order valence-corrected chi connectivity index (χ1v) is 7.11. The van der Waals surface area contributed by atoms with Crippen LogP contribution in [0, 0.1) is 11.3 Å². The molecule has 116 valence electrons. The van der Waals surface area contributed by atoms with E-state index in [0.717, 1.165) is 19.3 Å². The maximum absolute atomic E-state index is 12.0. The first-order valence-electron chi connectivity index (χ1n) is 7.11. The highest BCUT2D eigenvalue weighted by Gasteiger charge is 2.36. The molecule has 0 saturated heterocycles. The highest BCUT2D eigenvalue weighted by molar-refractivity contribution is 5.75. The molecule has 6 nitrogen and oxygen atoms in total. The lowest BCUT2D eigenvalue weighted by atomic mass is 9.67.